The van der Waals surface area contributed by atoms with E-state index in [1.807, 2.05) is 0 Å². The lowest BCUT2D eigenvalue weighted by molar-refractivity contribution is 0.0701. The van der Waals surface area contributed by atoms with Crippen molar-refractivity contribution in [2.24, 2.45) is 0 Å². The zero-order valence-electron chi connectivity index (χ0n) is 7.31. The van der Waals surface area contributed by atoms with Gasteiger partial charge in [-0.05, 0) is 13.0 Å². The highest BCUT2D eigenvalue weighted by Crippen LogP contribution is 2.25. The fourth-order valence-corrected chi connectivity index (χ4v) is 1.97. The molecule has 0 aromatic carbocycles. The Morgan fingerprint density at radius 3 is 2.93 bits per heavy atom. The average Bonchev–Trinajstić information content (AvgIpc) is 2.70. The maximum absolute atomic E-state index is 10.7. The van der Waals surface area contributed by atoms with E-state index in [-0.39, 0.29) is 4.88 Å². The van der Waals surface area contributed by atoms with Gasteiger partial charge in [0.05, 0.1) is 11.4 Å². The third-order valence-corrected chi connectivity index (χ3v) is 2.90. The van der Waals surface area contributed by atoms with E-state index in [1.165, 1.54) is 0 Å². The van der Waals surface area contributed by atoms with Crippen molar-refractivity contribution < 1.29 is 9.90 Å². The molecule has 0 amide bonds. The second kappa shape index (κ2) is 3.22. The summed E-state index contributed by atoms with van der Waals surface area (Å²) in [6.07, 6.45) is 1.60. The molecule has 0 bridgehead atoms. The number of carboxylic acid groups (broad SMARTS) is 1. The predicted octanol–water partition coefficient (Wildman–Crippen LogP) is 1.54. The molecule has 72 valence electrons. The fourth-order valence-electron chi connectivity index (χ4n) is 1.09. The predicted molar refractivity (Wildman–Crippen MR) is 51.4 cm³/mol. The lowest BCUT2D eigenvalue weighted by Crippen LogP contribution is -1.94. The Balaban J connectivity index is 2.48. The first kappa shape index (κ1) is 8.89. The van der Waals surface area contributed by atoms with Crippen molar-refractivity contribution in [2.45, 2.75) is 6.92 Å². The first-order chi connectivity index (χ1) is 6.68. The van der Waals surface area contributed by atoms with Crippen LogP contribution < -0.4 is 0 Å². The van der Waals surface area contributed by atoms with Crippen molar-refractivity contribution >= 4 is 17.3 Å². The molecule has 0 fully saturated rings. The molecule has 2 N–H and O–H groups in total. The maximum Gasteiger partial charge on any atom is 0.347 e. The summed E-state index contributed by atoms with van der Waals surface area (Å²) in [7, 11) is 0. The largest absolute Gasteiger partial charge is 0.477 e. The van der Waals surface area contributed by atoms with Gasteiger partial charge in [0.15, 0.2) is 0 Å². The molecule has 6 heteroatoms. The minimum Gasteiger partial charge on any atom is -0.477 e. The topological polar surface area (TPSA) is 78.9 Å². The van der Waals surface area contributed by atoms with Gasteiger partial charge >= 0.3 is 5.97 Å². The summed E-state index contributed by atoms with van der Waals surface area (Å²) in [5.41, 5.74) is 1.28. The van der Waals surface area contributed by atoms with Gasteiger partial charge in [-0.25, -0.2) is 9.78 Å². The van der Waals surface area contributed by atoms with E-state index >= 15 is 0 Å². The number of aromatic nitrogens is 3. The SMILES string of the molecule is Cc1nc(-c2ccn[nH]2)sc1C(=O)O. The normalized spacial score (nSPS) is 10.4. The monoisotopic (exact) mass is 209 g/mol. The number of nitrogens with zero attached hydrogens (tertiary/aromatic N) is 2. The lowest BCUT2D eigenvalue weighted by atomic mass is 10.4. The van der Waals surface area contributed by atoms with Crippen LogP contribution in [0.15, 0.2) is 12.3 Å². The van der Waals surface area contributed by atoms with Crippen LogP contribution in [-0.4, -0.2) is 26.3 Å². The molecule has 0 spiro atoms. The third kappa shape index (κ3) is 1.39. The van der Waals surface area contributed by atoms with Crippen molar-refractivity contribution in [3.63, 3.8) is 0 Å². The second-order valence-electron chi connectivity index (χ2n) is 2.71. The van der Waals surface area contributed by atoms with Gasteiger partial charge in [-0.3, -0.25) is 5.10 Å². The van der Waals surface area contributed by atoms with Crippen molar-refractivity contribution in [3.05, 3.63) is 22.8 Å². The first-order valence-corrected chi connectivity index (χ1v) is 4.70. The van der Waals surface area contributed by atoms with Crippen LogP contribution in [0.25, 0.3) is 10.7 Å². The number of aromatic carboxylic acids is 1. The van der Waals surface area contributed by atoms with Gasteiger partial charge in [-0.1, -0.05) is 0 Å². The molecular weight excluding hydrogens is 202 g/mol. The highest BCUT2D eigenvalue weighted by atomic mass is 32.1. The highest BCUT2D eigenvalue weighted by molar-refractivity contribution is 7.16. The summed E-state index contributed by atoms with van der Waals surface area (Å²) in [6.45, 7) is 1.68. The molecule has 2 aromatic heterocycles. The molecule has 2 aromatic rings. The summed E-state index contributed by atoms with van der Waals surface area (Å²) in [6, 6.07) is 1.75. The van der Waals surface area contributed by atoms with Gasteiger partial charge in [0.25, 0.3) is 0 Å². The molecule has 14 heavy (non-hydrogen) atoms. The molecule has 0 aliphatic rings. The van der Waals surface area contributed by atoms with E-state index in [9.17, 15) is 4.79 Å². The molecule has 5 nitrogen and oxygen atoms in total. The Labute approximate surface area is 83.4 Å². The Bertz CT molecular complexity index is 461. The van der Waals surface area contributed by atoms with Crippen LogP contribution in [0.2, 0.25) is 0 Å². The van der Waals surface area contributed by atoms with E-state index in [4.69, 9.17) is 5.11 Å². The van der Waals surface area contributed by atoms with Crippen molar-refractivity contribution in [2.75, 3.05) is 0 Å². The minimum atomic E-state index is -0.939. The number of nitrogens with one attached hydrogen (secondary N) is 1. The summed E-state index contributed by atoms with van der Waals surface area (Å²) in [5, 5.41) is 16.0. The average molecular weight is 209 g/mol. The summed E-state index contributed by atoms with van der Waals surface area (Å²) >= 11 is 1.14. The third-order valence-electron chi connectivity index (χ3n) is 1.72. The van der Waals surface area contributed by atoms with Gasteiger partial charge in [-0.15, -0.1) is 11.3 Å². The molecule has 2 rings (SSSR count). The Kier molecular flexibility index (Phi) is 2.05. The number of hydrogen-bond donors (Lipinski definition) is 2. The number of rotatable bonds is 2. The minimum absolute atomic E-state index is 0.273. The molecule has 0 saturated heterocycles. The Morgan fingerprint density at radius 2 is 2.43 bits per heavy atom. The lowest BCUT2D eigenvalue weighted by Gasteiger charge is -1.85. The number of H-pyrrole nitrogens is 1. The van der Waals surface area contributed by atoms with Gasteiger partial charge in [0.2, 0.25) is 0 Å². The summed E-state index contributed by atoms with van der Waals surface area (Å²) in [4.78, 5) is 15.2. The van der Waals surface area contributed by atoms with Crippen LogP contribution in [0.5, 0.6) is 0 Å². The van der Waals surface area contributed by atoms with Gasteiger partial charge in [0, 0.05) is 6.20 Å². The quantitative estimate of drug-likeness (QED) is 0.786. The first-order valence-electron chi connectivity index (χ1n) is 3.89. The number of carbonyl (C=O) groups is 1. The molecule has 0 unspecified atom stereocenters. The van der Waals surface area contributed by atoms with Crippen molar-refractivity contribution in [1.29, 1.82) is 0 Å². The van der Waals surface area contributed by atoms with E-state index in [0.29, 0.717) is 10.7 Å². The molecule has 0 aliphatic carbocycles. The van der Waals surface area contributed by atoms with Crippen molar-refractivity contribution in [1.82, 2.24) is 15.2 Å². The highest BCUT2D eigenvalue weighted by Gasteiger charge is 2.15. The molecular formula is C8H7N3O2S. The number of aryl methyl sites for hydroxylation is 1. The van der Waals surface area contributed by atoms with Gasteiger partial charge < -0.3 is 5.11 Å². The molecule has 2 heterocycles. The number of thiazole rings is 1. The second-order valence-corrected chi connectivity index (χ2v) is 3.71. The van der Waals surface area contributed by atoms with Crippen LogP contribution in [0.1, 0.15) is 15.4 Å². The number of carboxylic acids is 1. The Hall–Kier alpha value is -1.69. The smallest absolute Gasteiger partial charge is 0.347 e. The van der Waals surface area contributed by atoms with Gasteiger partial charge in [-0.2, -0.15) is 5.10 Å². The zero-order valence-corrected chi connectivity index (χ0v) is 8.13. The Morgan fingerprint density at radius 1 is 1.64 bits per heavy atom. The van der Waals surface area contributed by atoms with E-state index < -0.39 is 5.97 Å². The number of aromatic amines is 1. The van der Waals surface area contributed by atoms with Crippen LogP contribution in [0, 0.1) is 6.92 Å². The van der Waals surface area contributed by atoms with Crippen LogP contribution in [0.4, 0.5) is 0 Å². The molecule has 0 radical (unpaired) electrons. The van der Waals surface area contributed by atoms with E-state index in [0.717, 1.165) is 17.0 Å². The van der Waals surface area contributed by atoms with Crippen molar-refractivity contribution in [3.8, 4) is 10.7 Å². The fraction of sp³-hybridized carbons (Fsp3) is 0.125. The standard InChI is InChI=1S/C8H7N3O2S/c1-4-6(8(12)13)14-7(10-4)5-2-3-9-11-5/h2-3H,1H3,(H,9,11)(H,12,13). The molecule has 0 aliphatic heterocycles. The summed E-state index contributed by atoms with van der Waals surface area (Å²) < 4.78 is 0. The molecule has 0 atom stereocenters. The van der Waals surface area contributed by atoms with Gasteiger partial charge in [0.1, 0.15) is 9.88 Å². The molecule has 0 saturated carbocycles. The zero-order chi connectivity index (χ0) is 10.1. The summed E-state index contributed by atoms with van der Waals surface area (Å²) in [5.74, 6) is -0.939. The van der Waals surface area contributed by atoms with Crippen LogP contribution in [0.3, 0.4) is 0 Å². The van der Waals surface area contributed by atoms with Crippen LogP contribution >= 0.6 is 11.3 Å². The number of hydrogen-bond acceptors (Lipinski definition) is 4. The van der Waals surface area contributed by atoms with Crippen LogP contribution in [-0.2, 0) is 0 Å². The van der Waals surface area contributed by atoms with E-state index in [1.54, 1.807) is 19.2 Å². The maximum atomic E-state index is 10.7. The van der Waals surface area contributed by atoms with E-state index in [2.05, 4.69) is 15.2 Å².